The molecule has 2 heterocycles. The largest absolute Gasteiger partial charge is 0.378 e. The third kappa shape index (κ3) is 3.30. The van der Waals surface area contributed by atoms with E-state index in [9.17, 15) is 0 Å². The van der Waals surface area contributed by atoms with Crippen molar-refractivity contribution in [3.63, 3.8) is 0 Å². The van der Waals surface area contributed by atoms with E-state index in [2.05, 4.69) is 30.7 Å². The Morgan fingerprint density at radius 2 is 2.05 bits per heavy atom. The zero-order chi connectivity index (χ0) is 13.9. The molecular weight excluding hydrogens is 238 g/mol. The van der Waals surface area contributed by atoms with Crippen molar-refractivity contribution in [3.05, 3.63) is 0 Å². The van der Waals surface area contributed by atoms with Crippen LogP contribution in [0.1, 0.15) is 39.5 Å². The number of piperidine rings is 1. The molecule has 4 nitrogen and oxygen atoms in total. The van der Waals surface area contributed by atoms with Crippen molar-refractivity contribution in [2.75, 3.05) is 39.8 Å². The molecule has 2 N–H and O–H groups in total. The maximum Gasteiger partial charge on any atom is 0.0565 e. The molecule has 2 rings (SSSR count). The van der Waals surface area contributed by atoms with Gasteiger partial charge in [0.2, 0.25) is 0 Å². The number of nitrogens with zero attached hydrogens (tertiary/aromatic N) is 2. The van der Waals surface area contributed by atoms with E-state index >= 15 is 0 Å². The van der Waals surface area contributed by atoms with E-state index in [1.807, 2.05) is 0 Å². The standard InChI is InChI=1S/C15H31N3O/c1-4-18-8-5-14(6-9-18)17(3)15(12-16)7-10-19-13(2)11-15/h13-14H,4-12,16H2,1-3H3. The first-order chi connectivity index (χ1) is 9.11. The number of hydrogen-bond acceptors (Lipinski definition) is 4. The van der Waals surface area contributed by atoms with Gasteiger partial charge in [0.05, 0.1) is 6.10 Å². The second-order valence-corrected chi connectivity index (χ2v) is 6.34. The van der Waals surface area contributed by atoms with Crippen molar-refractivity contribution >= 4 is 0 Å². The van der Waals surface area contributed by atoms with Crippen LogP contribution in [0.15, 0.2) is 0 Å². The van der Waals surface area contributed by atoms with Gasteiger partial charge in [0.15, 0.2) is 0 Å². The summed E-state index contributed by atoms with van der Waals surface area (Å²) in [6, 6.07) is 0.691. The predicted molar refractivity (Wildman–Crippen MR) is 79.3 cm³/mol. The molecule has 19 heavy (non-hydrogen) atoms. The van der Waals surface area contributed by atoms with Crippen LogP contribution in [-0.2, 0) is 4.74 Å². The number of hydrogen-bond donors (Lipinski definition) is 1. The Morgan fingerprint density at radius 1 is 1.37 bits per heavy atom. The minimum atomic E-state index is 0.163. The summed E-state index contributed by atoms with van der Waals surface area (Å²) in [5.74, 6) is 0. The van der Waals surface area contributed by atoms with Crippen LogP contribution in [0.4, 0.5) is 0 Å². The van der Waals surface area contributed by atoms with Crippen molar-refractivity contribution < 1.29 is 4.74 Å². The van der Waals surface area contributed by atoms with Gasteiger partial charge in [0.1, 0.15) is 0 Å². The molecule has 2 aliphatic heterocycles. The van der Waals surface area contributed by atoms with Gasteiger partial charge in [-0.1, -0.05) is 6.92 Å². The molecule has 0 aromatic heterocycles. The van der Waals surface area contributed by atoms with Gasteiger partial charge < -0.3 is 15.4 Å². The second kappa shape index (κ2) is 6.53. The van der Waals surface area contributed by atoms with Gasteiger partial charge in [0.25, 0.3) is 0 Å². The molecule has 112 valence electrons. The van der Waals surface area contributed by atoms with Crippen LogP contribution in [-0.4, -0.2) is 67.3 Å². The zero-order valence-corrected chi connectivity index (χ0v) is 12.9. The molecule has 0 aromatic carbocycles. The Kier molecular flexibility index (Phi) is 5.23. The Morgan fingerprint density at radius 3 is 2.58 bits per heavy atom. The fourth-order valence-corrected chi connectivity index (χ4v) is 3.81. The third-order valence-corrected chi connectivity index (χ3v) is 5.32. The average Bonchev–Trinajstić information content (AvgIpc) is 2.46. The maximum atomic E-state index is 6.15. The van der Waals surface area contributed by atoms with Crippen molar-refractivity contribution in [2.45, 2.75) is 57.2 Å². The lowest BCUT2D eigenvalue weighted by atomic mass is 9.83. The minimum Gasteiger partial charge on any atom is -0.378 e. The van der Waals surface area contributed by atoms with E-state index in [1.54, 1.807) is 0 Å². The first-order valence-corrected chi connectivity index (χ1v) is 7.88. The van der Waals surface area contributed by atoms with Crippen molar-refractivity contribution in [1.29, 1.82) is 0 Å². The van der Waals surface area contributed by atoms with Gasteiger partial charge in [0, 0.05) is 24.7 Å². The van der Waals surface area contributed by atoms with Gasteiger partial charge >= 0.3 is 0 Å². The molecule has 0 aliphatic carbocycles. The molecule has 4 heteroatoms. The number of likely N-dealkylation sites (N-methyl/N-ethyl adjacent to an activating group) is 1. The van der Waals surface area contributed by atoms with Gasteiger partial charge in [-0.05, 0) is 59.3 Å². The first-order valence-electron chi connectivity index (χ1n) is 7.88. The van der Waals surface area contributed by atoms with Crippen molar-refractivity contribution in [3.8, 4) is 0 Å². The summed E-state index contributed by atoms with van der Waals surface area (Å²) >= 11 is 0. The summed E-state index contributed by atoms with van der Waals surface area (Å²) in [4.78, 5) is 5.14. The molecule has 0 spiro atoms. The number of ether oxygens (including phenoxy) is 1. The molecule has 0 saturated carbocycles. The Balaban J connectivity index is 1.98. The minimum absolute atomic E-state index is 0.163. The molecule has 0 bridgehead atoms. The van der Waals surface area contributed by atoms with Crippen molar-refractivity contribution in [2.24, 2.45) is 5.73 Å². The van der Waals surface area contributed by atoms with E-state index in [1.165, 1.54) is 32.5 Å². The molecule has 2 atom stereocenters. The summed E-state index contributed by atoms with van der Waals surface area (Å²) in [5, 5.41) is 0. The molecule has 2 fully saturated rings. The van der Waals surface area contributed by atoms with Gasteiger partial charge in [-0.15, -0.1) is 0 Å². The summed E-state index contributed by atoms with van der Waals surface area (Å²) in [6.45, 7) is 9.70. The van der Waals surface area contributed by atoms with E-state index < -0.39 is 0 Å². The lowest BCUT2D eigenvalue weighted by Crippen LogP contribution is -2.61. The van der Waals surface area contributed by atoms with Crippen LogP contribution < -0.4 is 5.73 Å². The van der Waals surface area contributed by atoms with Gasteiger partial charge in [-0.2, -0.15) is 0 Å². The van der Waals surface area contributed by atoms with E-state index in [0.717, 1.165) is 26.0 Å². The predicted octanol–water partition coefficient (Wildman–Crippen LogP) is 1.30. The SMILES string of the molecule is CCN1CCC(N(C)C2(CN)CCOC(C)C2)CC1. The highest BCUT2D eigenvalue weighted by molar-refractivity contribution is 4.97. The van der Waals surface area contributed by atoms with Crippen LogP contribution in [0.5, 0.6) is 0 Å². The topological polar surface area (TPSA) is 41.7 Å². The average molecular weight is 269 g/mol. The van der Waals surface area contributed by atoms with Crippen LogP contribution in [0.3, 0.4) is 0 Å². The quantitative estimate of drug-likeness (QED) is 0.835. The normalized spacial score (nSPS) is 34.9. The molecule has 2 unspecified atom stereocenters. The summed E-state index contributed by atoms with van der Waals surface area (Å²) in [7, 11) is 2.29. The van der Waals surface area contributed by atoms with E-state index in [-0.39, 0.29) is 5.54 Å². The highest BCUT2D eigenvalue weighted by Gasteiger charge is 2.41. The summed E-state index contributed by atoms with van der Waals surface area (Å²) < 4.78 is 5.72. The summed E-state index contributed by atoms with van der Waals surface area (Å²) in [6.07, 6.45) is 5.06. The van der Waals surface area contributed by atoms with Crippen LogP contribution in [0.2, 0.25) is 0 Å². The highest BCUT2D eigenvalue weighted by atomic mass is 16.5. The lowest BCUT2D eigenvalue weighted by Gasteiger charge is -2.50. The molecule has 2 saturated heterocycles. The monoisotopic (exact) mass is 269 g/mol. The van der Waals surface area contributed by atoms with Gasteiger partial charge in [-0.25, -0.2) is 0 Å². The van der Waals surface area contributed by atoms with Crippen LogP contribution >= 0.6 is 0 Å². The fourth-order valence-electron chi connectivity index (χ4n) is 3.81. The van der Waals surface area contributed by atoms with E-state index in [0.29, 0.717) is 12.1 Å². The molecule has 0 aromatic rings. The Hall–Kier alpha value is -0.160. The Labute approximate surface area is 118 Å². The summed E-state index contributed by atoms with van der Waals surface area (Å²) in [5.41, 5.74) is 6.32. The first kappa shape index (κ1) is 15.2. The number of nitrogens with two attached hydrogens (primary N) is 1. The van der Waals surface area contributed by atoms with Crippen molar-refractivity contribution in [1.82, 2.24) is 9.80 Å². The smallest absolute Gasteiger partial charge is 0.0565 e. The zero-order valence-electron chi connectivity index (χ0n) is 12.9. The molecule has 0 radical (unpaired) electrons. The van der Waals surface area contributed by atoms with Crippen LogP contribution in [0.25, 0.3) is 0 Å². The molecule has 0 amide bonds. The number of likely N-dealkylation sites (tertiary alicyclic amines) is 1. The third-order valence-electron chi connectivity index (χ3n) is 5.32. The van der Waals surface area contributed by atoms with Crippen LogP contribution in [0, 0.1) is 0 Å². The maximum absolute atomic E-state index is 6.15. The molecule has 2 aliphatic rings. The number of rotatable bonds is 4. The second-order valence-electron chi connectivity index (χ2n) is 6.34. The fraction of sp³-hybridized carbons (Fsp3) is 1.00. The Bertz CT molecular complexity index is 279. The highest BCUT2D eigenvalue weighted by Crippen LogP contribution is 2.33. The van der Waals surface area contributed by atoms with E-state index in [4.69, 9.17) is 10.5 Å². The molecular formula is C15H31N3O. The van der Waals surface area contributed by atoms with Gasteiger partial charge in [-0.3, -0.25) is 4.90 Å². The lowest BCUT2D eigenvalue weighted by molar-refractivity contribution is -0.0744.